The van der Waals surface area contributed by atoms with Crippen molar-refractivity contribution in [3.8, 4) is 11.5 Å². The Hall–Kier alpha value is -2.64. The highest BCUT2D eigenvalue weighted by Crippen LogP contribution is 2.20. The molecule has 6 nitrogen and oxygen atoms in total. The van der Waals surface area contributed by atoms with E-state index in [2.05, 4.69) is 10.4 Å². The number of benzene rings is 2. The zero-order valence-corrected chi connectivity index (χ0v) is 14.7. The van der Waals surface area contributed by atoms with Crippen molar-refractivity contribution in [2.45, 2.75) is 13.1 Å². The molecule has 1 amide bonds. The Labute approximate surface area is 157 Å². The van der Waals surface area contributed by atoms with Gasteiger partial charge in [0.05, 0.1) is 0 Å². The van der Waals surface area contributed by atoms with Crippen LogP contribution in [0.2, 0.25) is 10.0 Å². The van der Waals surface area contributed by atoms with Gasteiger partial charge in [-0.2, -0.15) is 4.68 Å². The lowest BCUT2D eigenvalue weighted by molar-refractivity contribution is -0.122. The number of carbonyl (C=O) groups is 1. The molecule has 134 valence electrons. The predicted octanol–water partition coefficient (Wildman–Crippen LogP) is 3.27. The van der Waals surface area contributed by atoms with Crippen molar-refractivity contribution in [2.75, 3.05) is 0 Å². The van der Waals surface area contributed by atoms with Gasteiger partial charge in [0.1, 0.15) is 12.4 Å². The molecule has 0 aliphatic rings. The number of aromatic nitrogens is 2. The van der Waals surface area contributed by atoms with E-state index >= 15 is 0 Å². The summed E-state index contributed by atoms with van der Waals surface area (Å²) in [5, 5.41) is 7.50. The number of nitrogens with one attached hydrogen (secondary N) is 1. The van der Waals surface area contributed by atoms with Crippen LogP contribution in [0.4, 0.5) is 4.39 Å². The van der Waals surface area contributed by atoms with E-state index in [9.17, 15) is 14.0 Å². The minimum absolute atomic E-state index is 0.00328. The van der Waals surface area contributed by atoms with Crippen LogP contribution in [0.25, 0.3) is 11.5 Å². The second-order valence-corrected chi connectivity index (χ2v) is 6.19. The largest absolute Gasteiger partial charge is 0.437 e. The van der Waals surface area contributed by atoms with E-state index in [-0.39, 0.29) is 19.0 Å². The van der Waals surface area contributed by atoms with E-state index in [0.29, 0.717) is 21.2 Å². The van der Waals surface area contributed by atoms with Crippen molar-refractivity contribution in [2.24, 2.45) is 0 Å². The highest BCUT2D eigenvalue weighted by molar-refractivity contribution is 6.35. The molecule has 0 saturated heterocycles. The average Bonchev–Trinajstić information content (AvgIpc) is 2.95. The number of hydrogen-bond acceptors (Lipinski definition) is 4. The summed E-state index contributed by atoms with van der Waals surface area (Å²) in [5.41, 5.74) is 1.11. The Bertz CT molecular complexity index is 999. The lowest BCUT2D eigenvalue weighted by Gasteiger charge is -2.06. The van der Waals surface area contributed by atoms with Crippen LogP contribution < -0.4 is 11.1 Å². The molecule has 0 atom stereocenters. The highest BCUT2D eigenvalue weighted by atomic mass is 35.5. The van der Waals surface area contributed by atoms with Crippen LogP contribution in [-0.4, -0.2) is 15.7 Å². The first-order valence-electron chi connectivity index (χ1n) is 7.47. The minimum Gasteiger partial charge on any atom is -0.388 e. The Kier molecular flexibility index (Phi) is 5.39. The second kappa shape index (κ2) is 7.72. The van der Waals surface area contributed by atoms with Gasteiger partial charge >= 0.3 is 5.76 Å². The molecule has 0 unspecified atom stereocenters. The smallest absolute Gasteiger partial charge is 0.388 e. The van der Waals surface area contributed by atoms with E-state index in [4.69, 9.17) is 27.6 Å². The summed E-state index contributed by atoms with van der Waals surface area (Å²) in [5.74, 6) is -1.65. The molecule has 2 aromatic carbocycles. The maximum Gasteiger partial charge on any atom is 0.437 e. The monoisotopic (exact) mass is 395 g/mol. The van der Waals surface area contributed by atoms with Crippen LogP contribution in [0, 0.1) is 5.82 Å². The molecular weight excluding hydrogens is 384 g/mol. The molecule has 0 aliphatic heterocycles. The van der Waals surface area contributed by atoms with Gasteiger partial charge in [0.25, 0.3) is 0 Å². The maximum absolute atomic E-state index is 12.9. The van der Waals surface area contributed by atoms with E-state index in [1.54, 1.807) is 18.2 Å². The molecule has 1 aromatic heterocycles. The van der Waals surface area contributed by atoms with Crippen LogP contribution in [0.3, 0.4) is 0 Å². The summed E-state index contributed by atoms with van der Waals surface area (Å²) in [6.07, 6.45) is 0. The maximum atomic E-state index is 12.9. The van der Waals surface area contributed by atoms with Crippen molar-refractivity contribution in [1.29, 1.82) is 0 Å². The lowest BCUT2D eigenvalue weighted by Crippen LogP contribution is -2.31. The first kappa shape index (κ1) is 18.2. The Morgan fingerprint density at radius 1 is 1.19 bits per heavy atom. The SMILES string of the molecule is O=C(Cn1nc(-c2ccc(F)cc2)oc1=O)NCc1ccc(Cl)cc1Cl. The molecule has 0 aliphatic carbocycles. The van der Waals surface area contributed by atoms with Crippen LogP contribution in [0.5, 0.6) is 0 Å². The van der Waals surface area contributed by atoms with Crippen molar-refractivity contribution < 1.29 is 13.6 Å². The normalized spacial score (nSPS) is 10.7. The van der Waals surface area contributed by atoms with Crippen molar-refractivity contribution in [3.63, 3.8) is 0 Å². The molecule has 3 rings (SSSR count). The summed E-state index contributed by atoms with van der Waals surface area (Å²) in [6, 6.07) is 10.2. The van der Waals surface area contributed by atoms with Gasteiger partial charge in [-0.15, -0.1) is 5.10 Å². The zero-order chi connectivity index (χ0) is 18.7. The lowest BCUT2D eigenvalue weighted by atomic mass is 10.2. The molecule has 1 heterocycles. The summed E-state index contributed by atoms with van der Waals surface area (Å²) in [4.78, 5) is 23.9. The molecule has 3 aromatic rings. The van der Waals surface area contributed by atoms with Gasteiger partial charge in [-0.05, 0) is 42.0 Å². The fraction of sp³-hybridized carbons (Fsp3) is 0.118. The quantitative estimate of drug-likeness (QED) is 0.718. The Morgan fingerprint density at radius 2 is 1.92 bits per heavy atom. The molecule has 0 bridgehead atoms. The Balaban J connectivity index is 1.66. The number of rotatable bonds is 5. The third kappa shape index (κ3) is 4.30. The molecule has 26 heavy (non-hydrogen) atoms. The van der Waals surface area contributed by atoms with Crippen LogP contribution in [0.15, 0.2) is 51.7 Å². The van der Waals surface area contributed by atoms with Crippen molar-refractivity contribution >= 4 is 29.1 Å². The minimum atomic E-state index is -0.788. The molecule has 0 saturated carbocycles. The van der Waals surface area contributed by atoms with Crippen molar-refractivity contribution in [3.05, 3.63) is 74.4 Å². The fourth-order valence-electron chi connectivity index (χ4n) is 2.17. The molecule has 0 spiro atoms. The first-order valence-corrected chi connectivity index (χ1v) is 8.22. The molecule has 9 heteroatoms. The van der Waals surface area contributed by atoms with Gasteiger partial charge in [-0.25, -0.2) is 9.18 Å². The first-order chi connectivity index (χ1) is 12.4. The van der Waals surface area contributed by atoms with E-state index < -0.39 is 17.5 Å². The summed E-state index contributed by atoms with van der Waals surface area (Å²) in [6.45, 7) is -0.152. The molecular formula is C17H12Cl2FN3O3. The van der Waals surface area contributed by atoms with Gasteiger partial charge in [-0.1, -0.05) is 29.3 Å². The van der Waals surface area contributed by atoms with E-state index in [0.717, 1.165) is 4.68 Å². The van der Waals surface area contributed by atoms with Crippen molar-refractivity contribution in [1.82, 2.24) is 15.1 Å². The van der Waals surface area contributed by atoms with Gasteiger partial charge in [0.2, 0.25) is 11.8 Å². The number of hydrogen-bond donors (Lipinski definition) is 1. The predicted molar refractivity (Wildman–Crippen MR) is 94.5 cm³/mol. The Morgan fingerprint density at radius 3 is 2.62 bits per heavy atom. The average molecular weight is 396 g/mol. The number of nitrogens with zero attached hydrogens (tertiary/aromatic N) is 2. The van der Waals surface area contributed by atoms with Gasteiger partial charge in [-0.3, -0.25) is 4.79 Å². The molecule has 0 fully saturated rings. The third-order valence-electron chi connectivity index (χ3n) is 3.48. The third-order valence-corrected chi connectivity index (χ3v) is 4.07. The van der Waals surface area contributed by atoms with E-state index in [1.807, 2.05) is 0 Å². The number of amides is 1. The molecule has 0 radical (unpaired) electrons. The summed E-state index contributed by atoms with van der Waals surface area (Å²) in [7, 11) is 0. The zero-order valence-electron chi connectivity index (χ0n) is 13.2. The van der Waals surface area contributed by atoms with E-state index in [1.165, 1.54) is 24.3 Å². The summed E-state index contributed by atoms with van der Waals surface area (Å²) >= 11 is 11.9. The second-order valence-electron chi connectivity index (χ2n) is 5.35. The van der Waals surface area contributed by atoms with Gasteiger partial charge in [0.15, 0.2) is 0 Å². The van der Waals surface area contributed by atoms with Crippen LogP contribution in [-0.2, 0) is 17.9 Å². The van der Waals surface area contributed by atoms with Gasteiger partial charge in [0, 0.05) is 22.2 Å². The standard InChI is InChI=1S/C17H12Cl2FN3O3/c18-12-4-1-11(14(19)7-12)8-21-15(24)9-23-17(25)26-16(22-23)10-2-5-13(20)6-3-10/h1-7H,8-9H2,(H,21,24). The highest BCUT2D eigenvalue weighted by Gasteiger charge is 2.13. The van der Waals surface area contributed by atoms with Crippen LogP contribution >= 0.6 is 23.2 Å². The topological polar surface area (TPSA) is 77.1 Å². The van der Waals surface area contributed by atoms with Crippen LogP contribution in [0.1, 0.15) is 5.56 Å². The fourth-order valence-corrected chi connectivity index (χ4v) is 2.64. The molecule has 1 N–H and O–H groups in total. The number of carbonyl (C=O) groups excluding carboxylic acids is 1. The summed E-state index contributed by atoms with van der Waals surface area (Å²) < 4.78 is 18.8. The number of halogens is 3. The van der Waals surface area contributed by atoms with Gasteiger partial charge < -0.3 is 9.73 Å².